The second-order valence-electron chi connectivity index (χ2n) is 5.74. The average molecular weight is 377 g/mol. The van der Waals surface area contributed by atoms with E-state index in [0.717, 1.165) is 32.5 Å². The van der Waals surface area contributed by atoms with E-state index in [2.05, 4.69) is 26.6 Å². The number of hydrogen-bond acceptors (Lipinski definition) is 8. The molecule has 152 valence electrons. The number of carboxylic acid groups (broad SMARTS) is 3. The van der Waals surface area contributed by atoms with E-state index in [1.165, 1.54) is 0 Å². The first kappa shape index (κ1) is 24.2. The molecule has 0 heterocycles. The van der Waals surface area contributed by atoms with Crippen molar-refractivity contribution < 1.29 is 29.7 Å². The lowest BCUT2D eigenvalue weighted by Gasteiger charge is -2.18. The Morgan fingerprint density at radius 1 is 0.846 bits per heavy atom. The van der Waals surface area contributed by atoms with Crippen molar-refractivity contribution in [3.8, 4) is 0 Å². The van der Waals surface area contributed by atoms with E-state index >= 15 is 0 Å². The van der Waals surface area contributed by atoms with Crippen molar-refractivity contribution in [2.24, 2.45) is 0 Å². The summed E-state index contributed by atoms with van der Waals surface area (Å²) in [5.41, 5.74) is 0. The molecule has 0 saturated carbocycles. The smallest absolute Gasteiger partial charge is 0.322 e. The topological polar surface area (TPSA) is 172 Å². The summed E-state index contributed by atoms with van der Waals surface area (Å²) in [6.45, 7) is 2.09. The van der Waals surface area contributed by atoms with E-state index in [9.17, 15) is 19.5 Å². The largest absolute Gasteiger partial charge is 0.480 e. The maximum Gasteiger partial charge on any atom is 0.322 e. The van der Waals surface area contributed by atoms with E-state index in [-0.39, 0.29) is 19.8 Å². The molecule has 0 spiro atoms. The number of carbonyl (C=O) groups is 3. The molecule has 8 N–H and O–H groups in total. The van der Waals surface area contributed by atoms with Crippen molar-refractivity contribution in [3.05, 3.63) is 0 Å². The summed E-state index contributed by atoms with van der Waals surface area (Å²) in [4.78, 5) is 32.8. The van der Waals surface area contributed by atoms with Crippen LogP contribution in [0.3, 0.4) is 0 Å². The second kappa shape index (κ2) is 15.5. The van der Waals surface area contributed by atoms with Gasteiger partial charge in [-0.2, -0.15) is 0 Å². The van der Waals surface area contributed by atoms with Gasteiger partial charge in [0, 0.05) is 26.3 Å². The lowest BCUT2D eigenvalue weighted by molar-refractivity contribution is -0.140. The Balaban J connectivity index is 4.03. The van der Waals surface area contributed by atoms with Crippen LogP contribution in [0.4, 0.5) is 0 Å². The zero-order valence-electron chi connectivity index (χ0n) is 15.1. The Kier molecular flexibility index (Phi) is 14.4. The molecule has 0 bridgehead atoms. The predicted molar refractivity (Wildman–Crippen MR) is 95.1 cm³/mol. The highest BCUT2D eigenvalue weighted by molar-refractivity contribution is 5.74. The van der Waals surface area contributed by atoms with Crippen molar-refractivity contribution >= 4 is 17.9 Å². The molecular formula is C15H31N5O6. The van der Waals surface area contributed by atoms with Crippen LogP contribution in [0.25, 0.3) is 0 Å². The van der Waals surface area contributed by atoms with Gasteiger partial charge in [0.25, 0.3) is 0 Å². The Bertz CT molecular complexity index is 423. The third kappa shape index (κ3) is 13.5. The zero-order valence-corrected chi connectivity index (χ0v) is 15.1. The highest BCUT2D eigenvalue weighted by atomic mass is 16.4. The summed E-state index contributed by atoms with van der Waals surface area (Å²) < 4.78 is 0. The maximum atomic E-state index is 11.3. The third-order valence-electron chi connectivity index (χ3n) is 3.57. The number of nitrogens with one attached hydrogen (secondary N) is 5. The zero-order chi connectivity index (χ0) is 19.8. The number of unbranched alkanes of at least 4 members (excludes halogenated alkanes) is 1. The molecule has 0 aromatic carbocycles. The fourth-order valence-electron chi connectivity index (χ4n) is 2.13. The molecule has 0 aliphatic rings. The minimum atomic E-state index is -1.15. The average Bonchev–Trinajstić information content (AvgIpc) is 2.57. The van der Waals surface area contributed by atoms with Gasteiger partial charge in [-0.05, 0) is 26.4 Å². The summed E-state index contributed by atoms with van der Waals surface area (Å²) in [5.74, 6) is -3.23. The van der Waals surface area contributed by atoms with Crippen molar-refractivity contribution in [1.29, 1.82) is 0 Å². The lowest BCUT2D eigenvalue weighted by atomic mass is 10.1. The van der Waals surface area contributed by atoms with Crippen LogP contribution in [0.5, 0.6) is 0 Å². The molecule has 11 heteroatoms. The maximum absolute atomic E-state index is 11.3. The van der Waals surface area contributed by atoms with Gasteiger partial charge in [0.2, 0.25) is 0 Å². The normalized spacial score (nSPS) is 13.3. The molecule has 2 unspecified atom stereocenters. The monoisotopic (exact) mass is 377 g/mol. The van der Waals surface area contributed by atoms with Crippen LogP contribution in [-0.4, -0.2) is 91.8 Å². The standard InChI is InChI=1S/C15H31N5O6/c1-16-6-7-17-5-3-2-4-11(14(23)24)19-10-20-12(15(25)26)8-18-9-13(21)22/h11-12,16-20H,2-10H2,1H3,(H,21,22)(H,23,24)(H,25,26). The molecule has 0 aliphatic carbocycles. The van der Waals surface area contributed by atoms with Crippen molar-refractivity contribution in [1.82, 2.24) is 26.6 Å². The van der Waals surface area contributed by atoms with Gasteiger partial charge in [0.15, 0.2) is 0 Å². The molecule has 26 heavy (non-hydrogen) atoms. The predicted octanol–water partition coefficient (Wildman–Crippen LogP) is -2.32. The van der Waals surface area contributed by atoms with Crippen LogP contribution in [0.2, 0.25) is 0 Å². The summed E-state index contributed by atoms with van der Waals surface area (Å²) in [6.07, 6.45) is 2.00. The van der Waals surface area contributed by atoms with Crippen LogP contribution >= 0.6 is 0 Å². The molecule has 11 nitrogen and oxygen atoms in total. The molecule has 2 atom stereocenters. The van der Waals surface area contributed by atoms with Crippen LogP contribution in [0.1, 0.15) is 19.3 Å². The summed E-state index contributed by atoms with van der Waals surface area (Å²) in [5, 5.41) is 41.0. The van der Waals surface area contributed by atoms with Crippen molar-refractivity contribution in [2.45, 2.75) is 31.3 Å². The van der Waals surface area contributed by atoms with Gasteiger partial charge in [-0.25, -0.2) is 0 Å². The van der Waals surface area contributed by atoms with Gasteiger partial charge in [-0.1, -0.05) is 6.42 Å². The molecule has 0 radical (unpaired) electrons. The molecule has 0 rings (SSSR count). The highest BCUT2D eigenvalue weighted by Gasteiger charge is 2.19. The van der Waals surface area contributed by atoms with E-state index in [0.29, 0.717) is 6.42 Å². The number of carboxylic acids is 3. The minimum Gasteiger partial charge on any atom is -0.480 e. The number of aliphatic carboxylic acids is 3. The molecular weight excluding hydrogens is 346 g/mol. The van der Waals surface area contributed by atoms with E-state index in [4.69, 9.17) is 10.2 Å². The van der Waals surface area contributed by atoms with E-state index in [1.54, 1.807) is 0 Å². The number of hydrogen-bond donors (Lipinski definition) is 8. The van der Waals surface area contributed by atoms with Crippen LogP contribution in [0, 0.1) is 0 Å². The van der Waals surface area contributed by atoms with Gasteiger partial charge in [-0.15, -0.1) is 0 Å². The number of rotatable bonds is 18. The van der Waals surface area contributed by atoms with E-state index in [1.807, 2.05) is 7.05 Å². The van der Waals surface area contributed by atoms with Crippen LogP contribution in [0.15, 0.2) is 0 Å². The molecule has 0 amide bonds. The fourth-order valence-corrected chi connectivity index (χ4v) is 2.13. The van der Waals surface area contributed by atoms with Crippen LogP contribution < -0.4 is 26.6 Å². The quantitative estimate of drug-likeness (QED) is 0.0952. The molecule has 0 saturated heterocycles. The highest BCUT2D eigenvalue weighted by Crippen LogP contribution is 2.00. The van der Waals surface area contributed by atoms with Gasteiger partial charge < -0.3 is 31.3 Å². The SMILES string of the molecule is CNCCNCCCCC(NCNC(CNCC(=O)O)C(=O)O)C(=O)O. The van der Waals surface area contributed by atoms with Gasteiger partial charge in [0.1, 0.15) is 12.1 Å². The number of likely N-dealkylation sites (N-methyl/N-ethyl adjacent to an activating group) is 1. The Hall–Kier alpha value is -1.79. The van der Waals surface area contributed by atoms with Crippen molar-refractivity contribution in [2.75, 3.05) is 46.4 Å². The Morgan fingerprint density at radius 3 is 2.08 bits per heavy atom. The molecule has 0 aliphatic heterocycles. The van der Waals surface area contributed by atoms with Gasteiger partial charge >= 0.3 is 17.9 Å². The summed E-state index contributed by atoms with van der Waals surface area (Å²) >= 11 is 0. The first-order valence-electron chi connectivity index (χ1n) is 8.58. The molecule has 0 aromatic rings. The second-order valence-corrected chi connectivity index (χ2v) is 5.74. The molecule has 0 fully saturated rings. The minimum absolute atomic E-state index is 0.0108. The van der Waals surface area contributed by atoms with Crippen molar-refractivity contribution in [3.63, 3.8) is 0 Å². The van der Waals surface area contributed by atoms with Gasteiger partial charge in [0.05, 0.1) is 6.54 Å². The third-order valence-corrected chi connectivity index (χ3v) is 3.57. The fraction of sp³-hybridized carbons (Fsp3) is 0.800. The summed E-state index contributed by atoms with van der Waals surface area (Å²) in [6, 6.07) is -1.80. The summed E-state index contributed by atoms with van der Waals surface area (Å²) in [7, 11) is 1.87. The Labute approximate surface area is 152 Å². The first-order valence-corrected chi connectivity index (χ1v) is 8.58. The lowest BCUT2D eigenvalue weighted by Crippen LogP contribution is -2.51. The Morgan fingerprint density at radius 2 is 1.50 bits per heavy atom. The van der Waals surface area contributed by atoms with Crippen LogP contribution in [-0.2, 0) is 14.4 Å². The molecule has 0 aromatic heterocycles. The van der Waals surface area contributed by atoms with Gasteiger partial charge in [-0.3, -0.25) is 25.0 Å². The van der Waals surface area contributed by atoms with E-state index < -0.39 is 30.0 Å². The first-order chi connectivity index (χ1) is 12.4.